The Morgan fingerprint density at radius 2 is 0.651 bits per heavy atom. The molecule has 0 aromatic carbocycles. The van der Waals surface area contributed by atoms with Gasteiger partial charge in [0.1, 0.15) is 0 Å². The van der Waals surface area contributed by atoms with E-state index < -0.39 is 12.1 Å². The Kier molecular flexibility index (Phi) is 52.5. The molecule has 0 saturated carbocycles. The number of nitrogens with one attached hydrogen (secondary N) is 1. The molecule has 0 heterocycles. The lowest BCUT2D eigenvalue weighted by Crippen LogP contribution is -2.45. The molecule has 0 aromatic heterocycles. The number of aliphatic hydroxyl groups is 2. The number of aliphatic hydroxyl groups excluding tert-OH is 2. The second-order valence-corrected chi connectivity index (χ2v) is 20.0. The number of rotatable bonds is 54. The standard InChI is InChI=1S/C57H113NO5/c1-3-5-7-9-11-13-15-17-19-21-25-29-33-37-41-45-49-55(60)54(53-59)58-56(61)50-46-42-38-34-30-26-23-24-28-32-36-40-44-48-52-63-57(62)51-47-43-39-35-31-27-22-20-18-16-14-12-10-8-6-4-2/h54-55,59-60H,3-53H2,1-2H3,(H,58,61). The highest BCUT2D eigenvalue weighted by Gasteiger charge is 2.20. The van der Waals surface area contributed by atoms with Gasteiger partial charge in [-0.2, -0.15) is 0 Å². The molecule has 0 rings (SSSR count). The van der Waals surface area contributed by atoms with Gasteiger partial charge in [0.05, 0.1) is 25.4 Å². The largest absolute Gasteiger partial charge is 0.466 e. The van der Waals surface area contributed by atoms with Gasteiger partial charge in [-0.3, -0.25) is 9.59 Å². The Hall–Kier alpha value is -1.14. The van der Waals surface area contributed by atoms with Gasteiger partial charge in [0.25, 0.3) is 0 Å². The quantitative estimate of drug-likeness (QED) is 0.0418. The van der Waals surface area contributed by atoms with Crippen molar-refractivity contribution in [1.82, 2.24) is 5.32 Å². The molecule has 0 spiro atoms. The molecule has 6 nitrogen and oxygen atoms in total. The summed E-state index contributed by atoms with van der Waals surface area (Å²) in [5.74, 6) is -0.0399. The van der Waals surface area contributed by atoms with Crippen molar-refractivity contribution in [3.8, 4) is 0 Å². The van der Waals surface area contributed by atoms with E-state index in [0.29, 0.717) is 25.9 Å². The van der Waals surface area contributed by atoms with Crippen LogP contribution in [0.5, 0.6) is 0 Å². The normalized spacial score (nSPS) is 12.5. The number of carbonyl (C=O) groups is 2. The summed E-state index contributed by atoms with van der Waals surface area (Å²) in [6.45, 7) is 4.96. The number of esters is 1. The minimum atomic E-state index is -0.670. The molecule has 0 aliphatic heterocycles. The van der Waals surface area contributed by atoms with Crippen LogP contribution in [-0.2, 0) is 14.3 Å². The van der Waals surface area contributed by atoms with Crippen molar-refractivity contribution in [2.75, 3.05) is 13.2 Å². The zero-order valence-corrected chi connectivity index (χ0v) is 42.8. The van der Waals surface area contributed by atoms with Crippen LogP contribution in [0.1, 0.15) is 328 Å². The monoisotopic (exact) mass is 892 g/mol. The fourth-order valence-corrected chi connectivity index (χ4v) is 9.23. The summed E-state index contributed by atoms with van der Waals surface area (Å²) in [6, 6.07) is -0.548. The minimum absolute atomic E-state index is 0.00234. The van der Waals surface area contributed by atoms with Crippen LogP contribution in [0.4, 0.5) is 0 Å². The van der Waals surface area contributed by atoms with Crippen LogP contribution < -0.4 is 5.32 Å². The van der Waals surface area contributed by atoms with Gasteiger partial charge in [-0.25, -0.2) is 0 Å². The number of carbonyl (C=O) groups excluding carboxylic acids is 2. The first-order valence-electron chi connectivity index (χ1n) is 28.8. The third kappa shape index (κ3) is 50.1. The summed E-state index contributed by atoms with van der Waals surface area (Å²) < 4.78 is 5.48. The average molecular weight is 893 g/mol. The summed E-state index contributed by atoms with van der Waals surface area (Å²) >= 11 is 0. The van der Waals surface area contributed by atoms with Crippen molar-refractivity contribution < 1.29 is 24.5 Å². The maximum atomic E-state index is 12.5. The fourth-order valence-electron chi connectivity index (χ4n) is 9.23. The summed E-state index contributed by atoms with van der Waals surface area (Å²) in [7, 11) is 0. The Morgan fingerprint density at radius 1 is 0.381 bits per heavy atom. The van der Waals surface area contributed by atoms with E-state index in [0.717, 1.165) is 51.4 Å². The summed E-state index contributed by atoms with van der Waals surface area (Å²) in [5.41, 5.74) is 0. The van der Waals surface area contributed by atoms with Crippen LogP contribution in [0.2, 0.25) is 0 Å². The zero-order valence-electron chi connectivity index (χ0n) is 42.8. The van der Waals surface area contributed by atoms with Gasteiger partial charge in [-0.1, -0.05) is 290 Å². The van der Waals surface area contributed by atoms with E-state index in [9.17, 15) is 19.8 Å². The predicted molar refractivity (Wildman–Crippen MR) is 274 cm³/mol. The summed E-state index contributed by atoms with van der Waals surface area (Å²) in [5, 5.41) is 23.3. The molecule has 0 saturated heterocycles. The molecule has 0 bridgehead atoms. The van der Waals surface area contributed by atoms with Crippen LogP contribution >= 0.6 is 0 Å². The molecule has 376 valence electrons. The van der Waals surface area contributed by atoms with Crippen molar-refractivity contribution in [3.63, 3.8) is 0 Å². The van der Waals surface area contributed by atoms with Crippen LogP contribution in [0, 0.1) is 0 Å². The number of unbranched alkanes of at least 4 members (excludes halogenated alkanes) is 43. The van der Waals surface area contributed by atoms with Crippen molar-refractivity contribution in [1.29, 1.82) is 0 Å². The molecule has 0 radical (unpaired) electrons. The van der Waals surface area contributed by atoms with E-state index in [1.165, 1.54) is 244 Å². The van der Waals surface area contributed by atoms with Gasteiger partial charge in [-0.15, -0.1) is 0 Å². The first-order chi connectivity index (χ1) is 31.0. The maximum Gasteiger partial charge on any atom is 0.305 e. The molecule has 2 unspecified atom stereocenters. The molecule has 0 aliphatic rings. The molecular weight excluding hydrogens is 779 g/mol. The first kappa shape index (κ1) is 61.9. The maximum absolute atomic E-state index is 12.5. The highest BCUT2D eigenvalue weighted by Crippen LogP contribution is 2.18. The van der Waals surface area contributed by atoms with Crippen molar-refractivity contribution in [2.45, 2.75) is 341 Å². The number of hydrogen-bond donors (Lipinski definition) is 3. The Labute approximate surface area is 394 Å². The van der Waals surface area contributed by atoms with Gasteiger partial charge in [0, 0.05) is 12.8 Å². The van der Waals surface area contributed by atoms with E-state index in [1.54, 1.807) is 0 Å². The van der Waals surface area contributed by atoms with Gasteiger partial charge in [0.15, 0.2) is 0 Å². The molecule has 3 N–H and O–H groups in total. The fraction of sp³-hybridized carbons (Fsp3) is 0.965. The van der Waals surface area contributed by atoms with E-state index in [4.69, 9.17) is 4.74 Å². The topological polar surface area (TPSA) is 95.9 Å². The molecule has 63 heavy (non-hydrogen) atoms. The van der Waals surface area contributed by atoms with E-state index in [1.807, 2.05) is 0 Å². The lowest BCUT2D eigenvalue weighted by molar-refractivity contribution is -0.143. The minimum Gasteiger partial charge on any atom is -0.466 e. The molecule has 0 fully saturated rings. The van der Waals surface area contributed by atoms with E-state index >= 15 is 0 Å². The molecule has 6 heteroatoms. The predicted octanol–water partition coefficient (Wildman–Crippen LogP) is 17.5. The Morgan fingerprint density at radius 3 is 0.968 bits per heavy atom. The average Bonchev–Trinajstić information content (AvgIpc) is 3.28. The Balaban J connectivity index is 3.41. The lowest BCUT2D eigenvalue weighted by atomic mass is 10.0. The molecule has 0 aromatic rings. The van der Waals surface area contributed by atoms with E-state index in [-0.39, 0.29) is 18.5 Å². The number of hydrogen-bond acceptors (Lipinski definition) is 5. The molecular formula is C57H113NO5. The van der Waals surface area contributed by atoms with Gasteiger partial charge in [0.2, 0.25) is 5.91 Å². The van der Waals surface area contributed by atoms with Gasteiger partial charge < -0.3 is 20.3 Å². The second-order valence-electron chi connectivity index (χ2n) is 20.0. The van der Waals surface area contributed by atoms with Gasteiger partial charge >= 0.3 is 5.97 Å². The summed E-state index contributed by atoms with van der Waals surface area (Å²) in [6.07, 6.45) is 60.8. The van der Waals surface area contributed by atoms with Crippen molar-refractivity contribution in [3.05, 3.63) is 0 Å². The first-order valence-corrected chi connectivity index (χ1v) is 28.8. The molecule has 1 amide bonds. The number of ether oxygens (including phenoxy) is 1. The van der Waals surface area contributed by atoms with Crippen molar-refractivity contribution in [2.24, 2.45) is 0 Å². The van der Waals surface area contributed by atoms with Crippen LogP contribution in [-0.4, -0.2) is 47.4 Å². The lowest BCUT2D eigenvalue weighted by Gasteiger charge is -2.22. The third-order valence-corrected chi connectivity index (χ3v) is 13.7. The number of amides is 1. The third-order valence-electron chi connectivity index (χ3n) is 13.7. The molecule has 2 atom stereocenters. The summed E-state index contributed by atoms with van der Waals surface area (Å²) in [4.78, 5) is 24.5. The Bertz CT molecular complexity index is 898. The SMILES string of the molecule is CCCCCCCCCCCCCCCCCCC(=O)OCCCCCCCCCCCCCCCCC(=O)NC(CO)C(O)CCCCCCCCCCCCCCCCCC. The highest BCUT2D eigenvalue weighted by atomic mass is 16.5. The van der Waals surface area contributed by atoms with E-state index in [2.05, 4.69) is 19.2 Å². The smallest absolute Gasteiger partial charge is 0.305 e. The zero-order chi connectivity index (χ0) is 45.8. The second kappa shape index (κ2) is 53.5. The van der Waals surface area contributed by atoms with Crippen LogP contribution in [0.15, 0.2) is 0 Å². The van der Waals surface area contributed by atoms with Crippen LogP contribution in [0.3, 0.4) is 0 Å². The van der Waals surface area contributed by atoms with Crippen LogP contribution in [0.25, 0.3) is 0 Å². The highest BCUT2D eigenvalue weighted by molar-refractivity contribution is 5.76. The van der Waals surface area contributed by atoms with Gasteiger partial charge in [-0.05, 0) is 25.7 Å². The van der Waals surface area contributed by atoms with Crippen molar-refractivity contribution >= 4 is 11.9 Å². The molecule has 0 aliphatic carbocycles.